The number of hydrogen-bond donors (Lipinski definition) is 1. The summed E-state index contributed by atoms with van der Waals surface area (Å²) in [6.07, 6.45) is 6.13. The molecule has 0 bridgehead atoms. The minimum absolute atomic E-state index is 0.0261. The van der Waals surface area contributed by atoms with E-state index in [0.29, 0.717) is 23.6 Å². The molecule has 42 heavy (non-hydrogen) atoms. The number of halogens is 1. The number of aryl methyl sites for hydroxylation is 1. The van der Waals surface area contributed by atoms with E-state index in [1.165, 1.54) is 30.7 Å². The smallest absolute Gasteiger partial charge is 0.264 e. The summed E-state index contributed by atoms with van der Waals surface area (Å²) in [6, 6.07) is 22.0. The predicted molar refractivity (Wildman–Crippen MR) is 168 cm³/mol. The van der Waals surface area contributed by atoms with Gasteiger partial charge in [0.2, 0.25) is 11.8 Å². The highest BCUT2D eigenvalue weighted by Crippen LogP contribution is 2.26. The zero-order valence-corrected chi connectivity index (χ0v) is 25.9. The van der Waals surface area contributed by atoms with Gasteiger partial charge in [-0.3, -0.25) is 13.9 Å². The van der Waals surface area contributed by atoms with Gasteiger partial charge in [0.15, 0.2) is 0 Å². The van der Waals surface area contributed by atoms with Gasteiger partial charge in [0.25, 0.3) is 10.0 Å². The van der Waals surface area contributed by atoms with Crippen LogP contribution in [0.15, 0.2) is 83.8 Å². The van der Waals surface area contributed by atoms with Crippen LogP contribution in [0.4, 0.5) is 5.69 Å². The van der Waals surface area contributed by atoms with Crippen LogP contribution < -0.4 is 9.62 Å². The number of amides is 2. The Labute approximate surface area is 254 Å². The largest absolute Gasteiger partial charge is 0.352 e. The van der Waals surface area contributed by atoms with Gasteiger partial charge < -0.3 is 10.2 Å². The molecule has 9 heteroatoms. The third-order valence-electron chi connectivity index (χ3n) is 7.82. The molecular formula is C33H40ClN3O4S. The summed E-state index contributed by atoms with van der Waals surface area (Å²) in [5, 5.41) is 3.59. The Morgan fingerprint density at radius 3 is 2.19 bits per heavy atom. The maximum atomic E-state index is 14.2. The number of anilines is 1. The Bertz CT molecular complexity index is 1420. The van der Waals surface area contributed by atoms with Crippen molar-refractivity contribution in [3.8, 4) is 0 Å². The molecule has 1 N–H and O–H groups in total. The SMILES string of the molecule is CCC(C(=O)NC1CCCCC1)N(CCc1ccccc1)C(=O)CN(c1ccc(C)cc1)S(=O)(=O)c1ccc(Cl)cc1. The zero-order chi connectivity index (χ0) is 30.1. The highest BCUT2D eigenvalue weighted by Gasteiger charge is 2.34. The molecule has 4 rings (SSSR count). The van der Waals surface area contributed by atoms with Crippen molar-refractivity contribution in [3.05, 3.63) is 95.0 Å². The quantitative estimate of drug-likeness (QED) is 0.267. The van der Waals surface area contributed by atoms with Crippen molar-refractivity contribution in [3.63, 3.8) is 0 Å². The molecule has 7 nitrogen and oxygen atoms in total. The number of hydrogen-bond acceptors (Lipinski definition) is 4. The lowest BCUT2D eigenvalue weighted by Crippen LogP contribution is -2.54. The average Bonchev–Trinajstić information content (AvgIpc) is 2.99. The van der Waals surface area contributed by atoms with Crippen LogP contribution in [-0.4, -0.2) is 50.3 Å². The van der Waals surface area contributed by atoms with Crippen molar-refractivity contribution in [2.75, 3.05) is 17.4 Å². The summed E-state index contributed by atoms with van der Waals surface area (Å²) in [5.74, 6) is -0.622. The van der Waals surface area contributed by atoms with Gasteiger partial charge in [-0.1, -0.05) is 85.8 Å². The topological polar surface area (TPSA) is 86.8 Å². The molecule has 1 atom stereocenters. The molecule has 0 aliphatic heterocycles. The lowest BCUT2D eigenvalue weighted by Gasteiger charge is -2.34. The van der Waals surface area contributed by atoms with E-state index in [1.807, 2.05) is 56.3 Å². The number of benzene rings is 3. The van der Waals surface area contributed by atoms with E-state index in [0.717, 1.165) is 41.1 Å². The number of carbonyl (C=O) groups excluding carboxylic acids is 2. The molecule has 1 unspecified atom stereocenters. The van der Waals surface area contributed by atoms with Gasteiger partial charge in [-0.2, -0.15) is 0 Å². The van der Waals surface area contributed by atoms with Crippen LogP contribution in [0.3, 0.4) is 0 Å². The van der Waals surface area contributed by atoms with Crippen molar-refractivity contribution in [2.24, 2.45) is 0 Å². The summed E-state index contributed by atoms with van der Waals surface area (Å²) in [6.45, 7) is 3.63. The molecule has 0 heterocycles. The van der Waals surface area contributed by atoms with Crippen molar-refractivity contribution in [2.45, 2.75) is 75.8 Å². The van der Waals surface area contributed by atoms with Crippen LogP contribution in [0.1, 0.15) is 56.6 Å². The Hall–Kier alpha value is -3.36. The van der Waals surface area contributed by atoms with E-state index in [4.69, 9.17) is 11.6 Å². The third kappa shape index (κ3) is 8.13. The summed E-state index contributed by atoms with van der Waals surface area (Å²) in [5.41, 5.74) is 2.36. The molecule has 0 aromatic heterocycles. The van der Waals surface area contributed by atoms with Crippen LogP contribution in [0.2, 0.25) is 5.02 Å². The molecule has 3 aromatic carbocycles. The fraction of sp³-hybridized carbons (Fsp3) is 0.394. The second-order valence-electron chi connectivity index (χ2n) is 10.9. The molecule has 0 radical (unpaired) electrons. The monoisotopic (exact) mass is 609 g/mol. The first-order chi connectivity index (χ1) is 20.2. The average molecular weight is 610 g/mol. The van der Waals surface area contributed by atoms with Crippen molar-refractivity contribution in [1.82, 2.24) is 10.2 Å². The molecule has 1 aliphatic carbocycles. The molecule has 0 saturated heterocycles. The fourth-order valence-electron chi connectivity index (χ4n) is 5.41. The van der Waals surface area contributed by atoms with Gasteiger partial charge in [-0.25, -0.2) is 8.42 Å². The molecular weight excluding hydrogens is 570 g/mol. The number of nitrogens with zero attached hydrogens (tertiary/aromatic N) is 2. The lowest BCUT2D eigenvalue weighted by molar-refractivity contribution is -0.140. The molecule has 3 aromatic rings. The van der Waals surface area contributed by atoms with Crippen molar-refractivity contribution in [1.29, 1.82) is 0 Å². The van der Waals surface area contributed by atoms with Gasteiger partial charge in [-0.05, 0) is 74.6 Å². The third-order valence-corrected chi connectivity index (χ3v) is 9.86. The molecule has 1 fully saturated rings. The van der Waals surface area contributed by atoms with Crippen LogP contribution in [0.5, 0.6) is 0 Å². The van der Waals surface area contributed by atoms with Gasteiger partial charge in [0.05, 0.1) is 10.6 Å². The van der Waals surface area contributed by atoms with E-state index in [1.54, 1.807) is 17.0 Å². The summed E-state index contributed by atoms with van der Waals surface area (Å²) in [7, 11) is -4.13. The second kappa shape index (κ2) is 14.7. The van der Waals surface area contributed by atoms with E-state index >= 15 is 0 Å². The number of nitrogens with one attached hydrogen (secondary N) is 1. The first-order valence-electron chi connectivity index (χ1n) is 14.7. The molecule has 0 spiro atoms. The summed E-state index contributed by atoms with van der Waals surface area (Å²) in [4.78, 5) is 29.3. The maximum absolute atomic E-state index is 14.2. The number of carbonyl (C=O) groups is 2. The standard InChI is InChI=1S/C33H40ClN3O4S/c1-3-31(33(39)35-28-12-8-5-9-13-28)36(23-22-26-10-6-4-7-11-26)32(38)24-37(29-18-14-25(2)15-19-29)42(40,41)30-20-16-27(34)17-21-30/h4,6-7,10-11,14-21,28,31H,3,5,8-9,12-13,22-24H2,1-2H3,(H,35,39). The Morgan fingerprint density at radius 2 is 1.57 bits per heavy atom. The summed E-state index contributed by atoms with van der Waals surface area (Å²) < 4.78 is 29.0. The number of sulfonamides is 1. The minimum Gasteiger partial charge on any atom is -0.352 e. The number of rotatable bonds is 12. The van der Waals surface area contributed by atoms with Crippen LogP contribution in [0, 0.1) is 6.92 Å². The fourth-order valence-corrected chi connectivity index (χ4v) is 6.95. The summed E-state index contributed by atoms with van der Waals surface area (Å²) >= 11 is 6.03. The van der Waals surface area contributed by atoms with Crippen molar-refractivity contribution >= 4 is 39.1 Å². The Kier molecular flexibility index (Phi) is 11.0. The van der Waals surface area contributed by atoms with Gasteiger partial charge in [-0.15, -0.1) is 0 Å². The van der Waals surface area contributed by atoms with Crippen LogP contribution in [-0.2, 0) is 26.0 Å². The molecule has 1 saturated carbocycles. The van der Waals surface area contributed by atoms with E-state index < -0.39 is 28.5 Å². The van der Waals surface area contributed by atoms with Crippen LogP contribution >= 0.6 is 11.6 Å². The first kappa shape index (κ1) is 31.6. The first-order valence-corrected chi connectivity index (χ1v) is 16.5. The highest BCUT2D eigenvalue weighted by atomic mass is 35.5. The van der Waals surface area contributed by atoms with E-state index in [2.05, 4.69) is 5.32 Å². The second-order valence-corrected chi connectivity index (χ2v) is 13.2. The van der Waals surface area contributed by atoms with Gasteiger partial charge >= 0.3 is 0 Å². The lowest BCUT2D eigenvalue weighted by atomic mass is 9.95. The Balaban J connectivity index is 1.66. The van der Waals surface area contributed by atoms with E-state index in [-0.39, 0.29) is 23.4 Å². The Morgan fingerprint density at radius 1 is 0.929 bits per heavy atom. The van der Waals surface area contributed by atoms with Gasteiger partial charge in [0, 0.05) is 17.6 Å². The highest BCUT2D eigenvalue weighted by molar-refractivity contribution is 7.92. The van der Waals surface area contributed by atoms with E-state index in [9.17, 15) is 18.0 Å². The molecule has 224 valence electrons. The van der Waals surface area contributed by atoms with Gasteiger partial charge in [0.1, 0.15) is 12.6 Å². The minimum atomic E-state index is -4.13. The van der Waals surface area contributed by atoms with Crippen LogP contribution in [0.25, 0.3) is 0 Å². The maximum Gasteiger partial charge on any atom is 0.264 e. The normalized spacial score (nSPS) is 14.6. The predicted octanol–water partition coefficient (Wildman–Crippen LogP) is 6.14. The van der Waals surface area contributed by atoms with Crippen molar-refractivity contribution < 1.29 is 18.0 Å². The molecule has 2 amide bonds. The molecule has 1 aliphatic rings. The zero-order valence-electron chi connectivity index (χ0n) is 24.3.